The summed E-state index contributed by atoms with van der Waals surface area (Å²) in [6, 6.07) is 0. The van der Waals surface area contributed by atoms with Gasteiger partial charge in [0, 0.05) is 11.1 Å². The van der Waals surface area contributed by atoms with Gasteiger partial charge < -0.3 is 5.11 Å². The van der Waals surface area contributed by atoms with Crippen LogP contribution in [0.5, 0.6) is 5.75 Å². The fraction of sp³-hybridized carbons (Fsp3) is 0.600. The van der Waals surface area contributed by atoms with E-state index < -0.39 is 0 Å². The summed E-state index contributed by atoms with van der Waals surface area (Å²) in [5.41, 5.74) is 6.01. The number of rotatable bonds is 1. The Balaban J connectivity index is 2.90. The number of hydrogen-bond acceptors (Lipinski definition) is 1. The molecule has 0 amide bonds. The highest BCUT2D eigenvalue weighted by atomic mass is 16.3. The number of benzene rings is 1. The van der Waals surface area contributed by atoms with Crippen LogP contribution in [0.15, 0.2) is 0 Å². The first-order valence-electron chi connectivity index (χ1n) is 8.01. The zero-order chi connectivity index (χ0) is 16.1. The summed E-state index contributed by atoms with van der Waals surface area (Å²) < 4.78 is 0. The molecule has 1 aromatic carbocycles. The van der Waals surface area contributed by atoms with E-state index in [1.165, 1.54) is 5.56 Å². The summed E-state index contributed by atoms with van der Waals surface area (Å²) in [6.07, 6.45) is 2.12. The Hall–Kier alpha value is -1.24. The molecule has 1 nitrogen and oxygen atoms in total. The average molecular weight is 284 g/mol. The van der Waals surface area contributed by atoms with E-state index >= 15 is 0 Å². The van der Waals surface area contributed by atoms with Gasteiger partial charge in [-0.15, -0.1) is 0 Å². The minimum absolute atomic E-state index is 0.117. The van der Waals surface area contributed by atoms with Gasteiger partial charge in [-0.2, -0.15) is 0 Å². The second-order valence-electron chi connectivity index (χ2n) is 7.80. The van der Waals surface area contributed by atoms with Crippen LogP contribution < -0.4 is 0 Å². The van der Waals surface area contributed by atoms with Gasteiger partial charge in [0.05, 0.1) is 0 Å². The number of fused-ring (bicyclic) bond motifs is 1. The Kier molecular flexibility index (Phi) is 3.99. The molecule has 1 N–H and O–H groups in total. The Morgan fingerprint density at radius 2 is 1.81 bits per heavy atom. The third-order valence-corrected chi connectivity index (χ3v) is 5.15. The molecule has 0 bridgehead atoms. The van der Waals surface area contributed by atoms with Gasteiger partial charge in [0.1, 0.15) is 5.75 Å². The molecule has 0 aromatic heterocycles. The van der Waals surface area contributed by atoms with Gasteiger partial charge in [-0.1, -0.05) is 34.6 Å². The van der Waals surface area contributed by atoms with E-state index in [-0.39, 0.29) is 5.41 Å². The van der Waals surface area contributed by atoms with Crippen molar-refractivity contribution in [2.45, 2.75) is 72.6 Å². The quantitative estimate of drug-likeness (QED) is 0.732. The lowest BCUT2D eigenvalue weighted by atomic mass is 9.69. The van der Waals surface area contributed by atoms with E-state index in [4.69, 9.17) is 6.58 Å². The average Bonchev–Trinajstić information content (AvgIpc) is 2.31. The van der Waals surface area contributed by atoms with Gasteiger partial charge in [-0.05, 0) is 72.8 Å². The van der Waals surface area contributed by atoms with Crippen LogP contribution in [-0.4, -0.2) is 5.11 Å². The molecular formula is C20H28O. The van der Waals surface area contributed by atoms with Crippen LogP contribution in [0.25, 0.3) is 5.57 Å². The van der Waals surface area contributed by atoms with Crippen LogP contribution in [0.2, 0.25) is 0 Å². The predicted octanol–water partition coefficient (Wildman–Crippen LogP) is 5.40. The predicted molar refractivity (Wildman–Crippen MR) is 89.8 cm³/mol. The van der Waals surface area contributed by atoms with Crippen LogP contribution in [0.4, 0.5) is 0 Å². The minimum Gasteiger partial charge on any atom is -0.507 e. The van der Waals surface area contributed by atoms with Crippen LogP contribution >= 0.6 is 0 Å². The highest BCUT2D eigenvalue weighted by Gasteiger charge is 2.34. The molecule has 1 aliphatic rings. The summed E-state index contributed by atoms with van der Waals surface area (Å²) >= 11 is 0. The van der Waals surface area contributed by atoms with Crippen LogP contribution in [0.3, 0.4) is 0 Å². The topological polar surface area (TPSA) is 20.2 Å². The number of allylic oxidation sites excluding steroid dienone is 1. The molecule has 0 heterocycles. The van der Waals surface area contributed by atoms with Gasteiger partial charge in [0.25, 0.3) is 0 Å². The Morgan fingerprint density at radius 1 is 1.24 bits per heavy atom. The summed E-state index contributed by atoms with van der Waals surface area (Å²) in [7, 11) is 0. The van der Waals surface area contributed by atoms with Gasteiger partial charge in [0.15, 0.2) is 0 Å². The van der Waals surface area contributed by atoms with Gasteiger partial charge in [-0.25, -0.2) is 0 Å². The number of phenols is 1. The number of aromatic hydroxyl groups is 1. The van der Waals surface area contributed by atoms with Gasteiger partial charge >= 0.3 is 0 Å². The van der Waals surface area contributed by atoms with E-state index in [0.29, 0.717) is 23.2 Å². The maximum Gasteiger partial charge on any atom is 0.123 e. The van der Waals surface area contributed by atoms with Crippen molar-refractivity contribution >= 4 is 5.57 Å². The van der Waals surface area contributed by atoms with E-state index in [1.807, 2.05) is 6.92 Å². The monoisotopic (exact) mass is 284 g/mol. The van der Waals surface area contributed by atoms with E-state index in [9.17, 15) is 5.11 Å². The van der Waals surface area contributed by atoms with Crippen molar-refractivity contribution in [1.82, 2.24) is 0 Å². The van der Waals surface area contributed by atoms with Crippen molar-refractivity contribution in [2.75, 3.05) is 0 Å². The molecule has 114 valence electrons. The van der Waals surface area contributed by atoms with Gasteiger partial charge in [-0.3, -0.25) is 0 Å². The number of hydrogen-bond donors (Lipinski definition) is 1. The summed E-state index contributed by atoms with van der Waals surface area (Å²) in [6.45, 7) is 23.1. The zero-order valence-corrected chi connectivity index (χ0v) is 14.5. The molecule has 1 aliphatic carbocycles. The molecule has 2 rings (SSSR count). The Labute approximate surface area is 130 Å². The largest absolute Gasteiger partial charge is 0.507 e. The fourth-order valence-corrected chi connectivity index (χ4v) is 4.02. The smallest absolute Gasteiger partial charge is 0.123 e. The highest BCUT2D eigenvalue weighted by molar-refractivity contribution is 5.73. The lowest BCUT2D eigenvalue weighted by Crippen LogP contribution is -2.23. The molecule has 2 radical (unpaired) electrons. The van der Waals surface area contributed by atoms with Crippen molar-refractivity contribution < 1.29 is 5.11 Å². The fourth-order valence-electron chi connectivity index (χ4n) is 4.02. The molecule has 1 aromatic rings. The molecule has 21 heavy (non-hydrogen) atoms. The van der Waals surface area contributed by atoms with Crippen LogP contribution in [-0.2, 0) is 11.8 Å². The molecule has 0 spiro atoms. The molecule has 0 saturated heterocycles. The molecule has 0 saturated carbocycles. The lowest BCUT2D eigenvalue weighted by molar-refractivity contribution is 0.385. The standard InChI is InChI=1S/C20H28O/c1-11(2)16-14(5)18(20(6,7)8)19(21)17-13(4)12(3)9-10-15(16)17/h12-13,21H,9-10H2,1,3-8H3. The molecule has 0 fully saturated rings. The van der Waals surface area contributed by atoms with Crippen molar-refractivity contribution in [3.63, 3.8) is 0 Å². The molecular weight excluding hydrogens is 256 g/mol. The highest BCUT2D eigenvalue weighted by Crippen LogP contribution is 2.49. The van der Waals surface area contributed by atoms with Crippen molar-refractivity contribution in [1.29, 1.82) is 0 Å². The second kappa shape index (κ2) is 5.19. The second-order valence-corrected chi connectivity index (χ2v) is 7.80. The molecule has 1 heteroatoms. The molecule has 0 aliphatic heterocycles. The van der Waals surface area contributed by atoms with Crippen molar-refractivity contribution in [3.8, 4) is 5.75 Å². The molecule has 2 atom stereocenters. The third kappa shape index (κ3) is 2.52. The Bertz CT molecular complexity index is 587. The zero-order valence-electron chi connectivity index (χ0n) is 14.5. The first-order chi connectivity index (χ1) is 9.57. The summed E-state index contributed by atoms with van der Waals surface area (Å²) in [4.78, 5) is 0. The number of phenolic OH excluding ortho intramolecular Hbond substituents is 1. The summed E-state index contributed by atoms with van der Waals surface area (Å²) in [5.74, 6) is 1.42. The third-order valence-electron chi connectivity index (χ3n) is 5.15. The van der Waals surface area contributed by atoms with E-state index in [2.05, 4.69) is 41.5 Å². The SMILES string of the molecule is [C]=C(C)c1c(C)c(C(C)(C)C)c(O)c2c1CCC(C)C2C. The first-order valence-corrected chi connectivity index (χ1v) is 8.01. The minimum atomic E-state index is -0.117. The Morgan fingerprint density at radius 3 is 2.29 bits per heavy atom. The maximum atomic E-state index is 11.0. The van der Waals surface area contributed by atoms with Crippen LogP contribution in [0.1, 0.15) is 81.7 Å². The summed E-state index contributed by atoms with van der Waals surface area (Å²) in [5, 5.41) is 11.0. The van der Waals surface area contributed by atoms with Crippen LogP contribution in [0, 0.1) is 19.4 Å². The first kappa shape index (κ1) is 16.1. The lowest BCUT2D eigenvalue weighted by Gasteiger charge is -2.36. The van der Waals surface area contributed by atoms with E-state index in [0.717, 1.165) is 35.1 Å². The van der Waals surface area contributed by atoms with Crippen molar-refractivity contribution in [2.24, 2.45) is 5.92 Å². The maximum absolute atomic E-state index is 11.0. The van der Waals surface area contributed by atoms with Gasteiger partial charge in [0.2, 0.25) is 0 Å². The molecule has 2 unspecified atom stereocenters. The normalized spacial score (nSPS) is 22.0. The van der Waals surface area contributed by atoms with E-state index in [1.54, 1.807) is 0 Å². The van der Waals surface area contributed by atoms with Crippen molar-refractivity contribution in [3.05, 3.63) is 34.4 Å².